The van der Waals surface area contributed by atoms with Crippen molar-refractivity contribution in [2.45, 2.75) is 5.41 Å². The zero-order valence-electron chi connectivity index (χ0n) is 18.8. The third kappa shape index (κ3) is 2.37. The second-order valence-electron chi connectivity index (χ2n) is 9.38. The van der Waals surface area contributed by atoms with Crippen LogP contribution in [0.15, 0.2) is 115 Å². The van der Waals surface area contributed by atoms with Gasteiger partial charge in [0, 0.05) is 25.5 Å². The van der Waals surface area contributed by atoms with Crippen molar-refractivity contribution in [3.8, 4) is 33.4 Å². The molecule has 2 aliphatic carbocycles. The lowest BCUT2D eigenvalue weighted by Gasteiger charge is -2.29. The fraction of sp³-hybridized carbons (Fsp3) is 0.0303. The highest BCUT2D eigenvalue weighted by atomic mass is 35.5. The molecule has 0 aliphatic heterocycles. The second-order valence-corrected chi connectivity index (χ2v) is 10.9. The third-order valence-electron chi connectivity index (χ3n) is 7.76. The van der Waals surface area contributed by atoms with E-state index in [0.717, 1.165) is 5.02 Å². The molecule has 0 saturated heterocycles. The second kappa shape index (κ2) is 6.95. The van der Waals surface area contributed by atoms with Gasteiger partial charge in [-0.3, -0.25) is 0 Å². The largest absolute Gasteiger partial charge is 0.138 e. The summed E-state index contributed by atoms with van der Waals surface area (Å²) < 4.78 is 1.35. The lowest BCUT2D eigenvalue weighted by molar-refractivity contribution is 0.812. The van der Waals surface area contributed by atoms with Crippen LogP contribution in [0.2, 0.25) is 5.02 Å². The number of hydrogen-bond donors (Lipinski definition) is 0. The summed E-state index contributed by atoms with van der Waals surface area (Å²) in [6, 6.07) is 42.0. The Balaban J connectivity index is 1.56. The van der Waals surface area contributed by atoms with Crippen LogP contribution in [0, 0.1) is 0 Å². The Hall–Kier alpha value is -3.65. The van der Waals surface area contributed by atoms with Crippen LogP contribution < -0.4 is 0 Å². The van der Waals surface area contributed by atoms with Crippen LogP contribution in [0.5, 0.6) is 0 Å². The zero-order chi connectivity index (χ0) is 23.1. The van der Waals surface area contributed by atoms with E-state index in [0.29, 0.717) is 0 Å². The average molecular weight is 483 g/mol. The van der Waals surface area contributed by atoms with Crippen LogP contribution in [0.25, 0.3) is 43.5 Å². The van der Waals surface area contributed by atoms with Gasteiger partial charge < -0.3 is 0 Å². The van der Waals surface area contributed by atoms with E-state index < -0.39 is 0 Å². The van der Waals surface area contributed by atoms with Crippen LogP contribution in [-0.2, 0) is 5.41 Å². The Morgan fingerprint density at radius 1 is 0.514 bits per heavy atom. The molecule has 2 aliphatic rings. The molecule has 35 heavy (non-hydrogen) atoms. The van der Waals surface area contributed by atoms with Crippen molar-refractivity contribution in [3.05, 3.63) is 142 Å². The molecule has 1 heterocycles. The Bertz CT molecular complexity index is 1810. The summed E-state index contributed by atoms with van der Waals surface area (Å²) in [5.74, 6) is 0. The van der Waals surface area contributed by atoms with Crippen molar-refractivity contribution in [1.29, 1.82) is 0 Å². The molecule has 1 aromatic heterocycles. The van der Waals surface area contributed by atoms with Gasteiger partial charge in [0.15, 0.2) is 0 Å². The molecule has 2 heteroatoms. The predicted molar refractivity (Wildman–Crippen MR) is 149 cm³/mol. The van der Waals surface area contributed by atoms with Gasteiger partial charge in [0.1, 0.15) is 0 Å². The van der Waals surface area contributed by atoms with Crippen molar-refractivity contribution >= 4 is 33.0 Å². The zero-order valence-corrected chi connectivity index (χ0v) is 20.3. The smallest absolute Gasteiger partial charge is 0.0819 e. The first-order chi connectivity index (χ1) is 17.3. The van der Waals surface area contributed by atoms with Crippen LogP contribution in [0.4, 0.5) is 0 Å². The summed E-state index contributed by atoms with van der Waals surface area (Å²) in [6.45, 7) is 0. The average Bonchev–Trinajstić information content (AvgIpc) is 3.53. The number of halogens is 1. The van der Waals surface area contributed by atoms with Gasteiger partial charge in [-0.2, -0.15) is 0 Å². The fourth-order valence-corrected chi connectivity index (χ4v) is 8.04. The van der Waals surface area contributed by atoms with Crippen LogP contribution in [-0.4, -0.2) is 0 Å². The molecular formula is C33H19ClS. The Labute approximate surface area is 213 Å². The molecule has 0 bridgehead atoms. The maximum Gasteiger partial charge on any atom is 0.0819 e. The first-order valence-electron chi connectivity index (χ1n) is 11.9. The lowest BCUT2D eigenvalue weighted by Crippen LogP contribution is -2.24. The van der Waals surface area contributed by atoms with Gasteiger partial charge in [-0.1, -0.05) is 109 Å². The molecule has 0 saturated carbocycles. The van der Waals surface area contributed by atoms with E-state index in [1.165, 1.54) is 65.0 Å². The molecule has 0 nitrogen and oxygen atoms in total. The van der Waals surface area contributed by atoms with E-state index in [1.54, 1.807) is 0 Å². The molecule has 8 rings (SSSR count). The van der Waals surface area contributed by atoms with E-state index in [4.69, 9.17) is 11.6 Å². The standard InChI is InChI=1S/C33H19ClS/c34-21-18-16-20(17-19-21)22-11-7-14-28-30(22)23-8-1-4-12-26(23)33(28)27-13-5-2-9-24(27)31-25-10-3-6-15-29(25)35-32(31)33/h1-19H. The van der Waals surface area contributed by atoms with E-state index >= 15 is 0 Å². The van der Waals surface area contributed by atoms with Crippen LogP contribution in [0.3, 0.4) is 0 Å². The fourth-order valence-electron chi connectivity index (χ4n) is 6.46. The number of benzene rings is 5. The maximum absolute atomic E-state index is 6.25. The molecular weight excluding hydrogens is 464 g/mol. The highest BCUT2D eigenvalue weighted by Crippen LogP contribution is 2.66. The highest BCUT2D eigenvalue weighted by molar-refractivity contribution is 7.20. The Morgan fingerprint density at radius 2 is 1.11 bits per heavy atom. The third-order valence-corrected chi connectivity index (χ3v) is 9.30. The van der Waals surface area contributed by atoms with Gasteiger partial charge in [0.05, 0.1) is 5.41 Å². The van der Waals surface area contributed by atoms with Gasteiger partial charge in [-0.05, 0) is 62.7 Å². The van der Waals surface area contributed by atoms with Crippen molar-refractivity contribution in [2.24, 2.45) is 0 Å². The topological polar surface area (TPSA) is 0 Å². The van der Waals surface area contributed by atoms with Crippen molar-refractivity contribution in [3.63, 3.8) is 0 Å². The van der Waals surface area contributed by atoms with Gasteiger partial charge >= 0.3 is 0 Å². The summed E-state index contributed by atoms with van der Waals surface area (Å²) >= 11 is 8.20. The number of rotatable bonds is 1. The molecule has 0 fully saturated rings. The summed E-state index contributed by atoms with van der Waals surface area (Å²) in [7, 11) is 0. The minimum Gasteiger partial charge on any atom is -0.138 e. The van der Waals surface area contributed by atoms with Crippen LogP contribution >= 0.6 is 22.9 Å². The molecule has 0 amide bonds. The van der Waals surface area contributed by atoms with Gasteiger partial charge in [0.25, 0.3) is 0 Å². The lowest BCUT2D eigenvalue weighted by atomic mass is 9.73. The van der Waals surface area contributed by atoms with Crippen molar-refractivity contribution < 1.29 is 0 Å². The summed E-state index contributed by atoms with van der Waals surface area (Å²) in [6.07, 6.45) is 0. The molecule has 6 aromatic rings. The Morgan fingerprint density at radius 3 is 1.89 bits per heavy atom. The van der Waals surface area contributed by atoms with Crippen molar-refractivity contribution in [2.75, 3.05) is 0 Å². The van der Waals surface area contributed by atoms with E-state index in [1.807, 2.05) is 23.5 Å². The van der Waals surface area contributed by atoms with E-state index in [-0.39, 0.29) is 5.41 Å². The number of hydrogen-bond acceptors (Lipinski definition) is 1. The van der Waals surface area contributed by atoms with Gasteiger partial charge in [0.2, 0.25) is 0 Å². The summed E-state index contributed by atoms with van der Waals surface area (Å²) in [5, 5.41) is 2.12. The summed E-state index contributed by atoms with van der Waals surface area (Å²) in [4.78, 5) is 1.44. The number of fused-ring (bicyclic) bond motifs is 12. The monoisotopic (exact) mass is 482 g/mol. The summed E-state index contributed by atoms with van der Waals surface area (Å²) in [5.41, 5.74) is 11.7. The van der Waals surface area contributed by atoms with Gasteiger partial charge in [-0.15, -0.1) is 11.3 Å². The minimum absolute atomic E-state index is 0.302. The molecule has 1 unspecified atom stereocenters. The molecule has 1 spiro atoms. The molecule has 0 N–H and O–H groups in total. The van der Waals surface area contributed by atoms with Gasteiger partial charge in [-0.25, -0.2) is 0 Å². The SMILES string of the molecule is Clc1ccc(-c2cccc3c2-c2ccccc2C32c3ccccc3-c3c2sc2ccccc32)cc1. The number of thiophene rings is 1. The Kier molecular flexibility index (Phi) is 3.90. The minimum atomic E-state index is -0.302. The highest BCUT2D eigenvalue weighted by Gasteiger charge is 2.53. The van der Waals surface area contributed by atoms with E-state index in [2.05, 4.69) is 103 Å². The molecule has 5 aromatic carbocycles. The first kappa shape index (κ1) is 19.6. The predicted octanol–water partition coefficient (Wildman–Crippen LogP) is 9.57. The maximum atomic E-state index is 6.25. The van der Waals surface area contributed by atoms with Crippen molar-refractivity contribution in [1.82, 2.24) is 0 Å². The molecule has 1 atom stereocenters. The quantitative estimate of drug-likeness (QED) is 0.218. The first-order valence-corrected chi connectivity index (χ1v) is 13.1. The molecule has 0 radical (unpaired) electrons. The normalized spacial score (nSPS) is 16.8. The van der Waals surface area contributed by atoms with Crippen LogP contribution in [0.1, 0.15) is 21.6 Å². The molecule has 164 valence electrons. The van der Waals surface area contributed by atoms with E-state index in [9.17, 15) is 0 Å².